The summed E-state index contributed by atoms with van der Waals surface area (Å²) in [5, 5.41) is 24.0. The number of aliphatic hydroxyl groups is 2. The summed E-state index contributed by atoms with van der Waals surface area (Å²) in [4.78, 5) is 0. The second-order valence-corrected chi connectivity index (χ2v) is 9.68. The Bertz CT molecular complexity index is 1080. The summed E-state index contributed by atoms with van der Waals surface area (Å²) < 4.78 is 23.3. The van der Waals surface area contributed by atoms with E-state index < -0.39 is 12.2 Å². The van der Waals surface area contributed by atoms with E-state index in [0.29, 0.717) is 26.2 Å². The van der Waals surface area contributed by atoms with Gasteiger partial charge < -0.3 is 29.2 Å². The van der Waals surface area contributed by atoms with Crippen molar-refractivity contribution in [2.24, 2.45) is 5.41 Å². The highest BCUT2D eigenvalue weighted by Crippen LogP contribution is 2.42. The minimum Gasteiger partial charge on any atom is -0.495 e. The summed E-state index contributed by atoms with van der Waals surface area (Å²) in [7, 11) is 1.68. The maximum Gasteiger partial charge on any atom is 0.135 e. The van der Waals surface area contributed by atoms with Crippen molar-refractivity contribution in [2.75, 3.05) is 40.1 Å². The Morgan fingerprint density at radius 1 is 0.794 bits per heavy atom. The molecule has 3 aromatic rings. The molecule has 34 heavy (non-hydrogen) atoms. The first-order valence-electron chi connectivity index (χ1n) is 11.9. The third-order valence-electron chi connectivity index (χ3n) is 5.78. The molecule has 0 aliphatic carbocycles. The number of rotatable bonds is 13. The molecule has 0 saturated heterocycles. The average molecular weight is 471 g/mol. The van der Waals surface area contributed by atoms with Crippen LogP contribution < -0.4 is 9.47 Å². The molecule has 0 fully saturated rings. The lowest BCUT2D eigenvalue weighted by Gasteiger charge is -2.25. The second-order valence-electron chi connectivity index (χ2n) is 9.68. The van der Waals surface area contributed by atoms with Crippen LogP contribution in [-0.2, 0) is 9.47 Å². The molecule has 0 bridgehead atoms. The van der Waals surface area contributed by atoms with E-state index in [-0.39, 0.29) is 18.6 Å². The molecule has 0 radical (unpaired) electrons. The van der Waals surface area contributed by atoms with E-state index in [1.807, 2.05) is 64.1 Å². The Balaban J connectivity index is 1.65. The summed E-state index contributed by atoms with van der Waals surface area (Å²) in [6.45, 7) is 9.53. The van der Waals surface area contributed by atoms with Crippen molar-refractivity contribution in [3.8, 4) is 11.5 Å². The minimum atomic E-state index is -0.778. The Labute approximate surface area is 202 Å². The van der Waals surface area contributed by atoms with Gasteiger partial charge in [-0.3, -0.25) is 0 Å². The molecule has 3 rings (SSSR count). The molecule has 2 unspecified atom stereocenters. The molecule has 0 aromatic heterocycles. The van der Waals surface area contributed by atoms with Crippen LogP contribution in [0.2, 0.25) is 0 Å². The van der Waals surface area contributed by atoms with Crippen molar-refractivity contribution >= 4 is 21.5 Å². The second kappa shape index (κ2) is 11.8. The third-order valence-corrected chi connectivity index (χ3v) is 5.78. The molecule has 0 heterocycles. The summed E-state index contributed by atoms with van der Waals surface area (Å²) in [6.07, 6.45) is -0.550. The van der Waals surface area contributed by atoms with Crippen molar-refractivity contribution in [1.82, 2.24) is 0 Å². The standard InChI is InChI=1S/C28H38O6/c1-6-20(29)14-32-17-28(3,4)18-33-15-21(30)16-34-27-23-10-8-7-9-22(23)26(31-5)25-13-19(2)11-12-24(25)27/h7-13,20-21,29-30H,6,14-18H2,1-5H3. The zero-order valence-electron chi connectivity index (χ0n) is 21.0. The molecular formula is C28H38O6. The molecule has 186 valence electrons. The molecule has 3 aromatic carbocycles. The van der Waals surface area contributed by atoms with Gasteiger partial charge in [0.15, 0.2) is 0 Å². The topological polar surface area (TPSA) is 77.4 Å². The molecule has 2 atom stereocenters. The monoisotopic (exact) mass is 470 g/mol. The minimum absolute atomic E-state index is 0.110. The number of aliphatic hydroxyl groups excluding tert-OH is 2. The van der Waals surface area contributed by atoms with Gasteiger partial charge in [-0.1, -0.05) is 62.7 Å². The summed E-state index contributed by atoms with van der Waals surface area (Å²) in [5.41, 5.74) is 0.908. The summed E-state index contributed by atoms with van der Waals surface area (Å²) in [5.74, 6) is 1.55. The van der Waals surface area contributed by atoms with Crippen LogP contribution in [-0.4, -0.2) is 62.6 Å². The number of ether oxygens (including phenoxy) is 4. The fourth-order valence-corrected chi connectivity index (χ4v) is 3.92. The first-order valence-corrected chi connectivity index (χ1v) is 11.9. The largest absolute Gasteiger partial charge is 0.495 e. The van der Waals surface area contributed by atoms with Gasteiger partial charge in [0, 0.05) is 27.0 Å². The highest BCUT2D eigenvalue weighted by atomic mass is 16.5. The number of benzene rings is 3. The van der Waals surface area contributed by atoms with Gasteiger partial charge in [0.2, 0.25) is 0 Å². The zero-order chi connectivity index (χ0) is 24.7. The van der Waals surface area contributed by atoms with Crippen LogP contribution in [0.25, 0.3) is 21.5 Å². The maximum absolute atomic E-state index is 10.5. The van der Waals surface area contributed by atoms with E-state index in [9.17, 15) is 10.2 Å². The van der Waals surface area contributed by atoms with Crippen LogP contribution in [0.4, 0.5) is 0 Å². The molecule has 0 aliphatic rings. The Kier molecular flexibility index (Phi) is 9.14. The number of aryl methyl sites for hydroxylation is 1. The normalized spacial score (nSPS) is 13.9. The quantitative estimate of drug-likeness (QED) is 0.347. The highest BCUT2D eigenvalue weighted by molar-refractivity contribution is 6.11. The average Bonchev–Trinajstić information content (AvgIpc) is 2.81. The van der Waals surface area contributed by atoms with Gasteiger partial charge in [0.1, 0.15) is 24.2 Å². The molecular weight excluding hydrogens is 432 g/mol. The number of methoxy groups -OCH3 is 1. The van der Waals surface area contributed by atoms with Crippen LogP contribution in [0, 0.1) is 12.3 Å². The lowest BCUT2D eigenvalue weighted by Crippen LogP contribution is -2.31. The van der Waals surface area contributed by atoms with Gasteiger partial charge in [-0.2, -0.15) is 0 Å². The Morgan fingerprint density at radius 3 is 2.00 bits per heavy atom. The van der Waals surface area contributed by atoms with E-state index in [1.165, 1.54) is 0 Å². The van der Waals surface area contributed by atoms with Crippen LogP contribution >= 0.6 is 0 Å². The lowest BCUT2D eigenvalue weighted by atomic mass is 9.96. The molecule has 2 N–H and O–H groups in total. The number of hydrogen-bond donors (Lipinski definition) is 2. The first-order chi connectivity index (χ1) is 16.3. The van der Waals surface area contributed by atoms with Crippen LogP contribution in [0.3, 0.4) is 0 Å². The fourth-order valence-electron chi connectivity index (χ4n) is 3.92. The van der Waals surface area contributed by atoms with E-state index in [2.05, 4.69) is 6.07 Å². The SMILES string of the molecule is CCC(O)COCC(C)(C)COCC(O)COc1c2ccccc2c(OC)c2cc(C)ccc12. The Hall–Kier alpha value is -2.38. The summed E-state index contributed by atoms with van der Waals surface area (Å²) >= 11 is 0. The molecule has 0 spiro atoms. The van der Waals surface area contributed by atoms with Crippen LogP contribution in [0.5, 0.6) is 11.5 Å². The Morgan fingerprint density at radius 2 is 1.38 bits per heavy atom. The number of fused-ring (bicyclic) bond motifs is 2. The van der Waals surface area contributed by atoms with Gasteiger partial charge in [0.25, 0.3) is 0 Å². The van der Waals surface area contributed by atoms with Crippen molar-refractivity contribution in [2.45, 2.75) is 46.3 Å². The van der Waals surface area contributed by atoms with Crippen molar-refractivity contribution in [3.63, 3.8) is 0 Å². The van der Waals surface area contributed by atoms with Crippen molar-refractivity contribution in [1.29, 1.82) is 0 Å². The van der Waals surface area contributed by atoms with E-state index in [1.54, 1.807) is 7.11 Å². The first kappa shape index (κ1) is 26.2. The van der Waals surface area contributed by atoms with Gasteiger partial charge in [-0.05, 0) is 19.4 Å². The highest BCUT2D eigenvalue weighted by Gasteiger charge is 2.21. The van der Waals surface area contributed by atoms with Crippen molar-refractivity contribution in [3.05, 3.63) is 48.0 Å². The summed E-state index contributed by atoms with van der Waals surface area (Å²) in [6, 6.07) is 14.2. The molecule has 6 heteroatoms. The van der Waals surface area contributed by atoms with Gasteiger partial charge in [-0.15, -0.1) is 0 Å². The van der Waals surface area contributed by atoms with Gasteiger partial charge >= 0.3 is 0 Å². The maximum atomic E-state index is 10.5. The van der Waals surface area contributed by atoms with Crippen LogP contribution in [0.15, 0.2) is 42.5 Å². The number of hydrogen-bond acceptors (Lipinski definition) is 6. The van der Waals surface area contributed by atoms with E-state index in [0.717, 1.165) is 38.6 Å². The molecule has 0 aliphatic heterocycles. The zero-order valence-corrected chi connectivity index (χ0v) is 21.0. The fraction of sp³-hybridized carbons (Fsp3) is 0.500. The van der Waals surface area contributed by atoms with Crippen LogP contribution in [0.1, 0.15) is 32.8 Å². The van der Waals surface area contributed by atoms with Gasteiger partial charge in [-0.25, -0.2) is 0 Å². The predicted molar refractivity (Wildman–Crippen MR) is 136 cm³/mol. The molecule has 0 saturated carbocycles. The smallest absolute Gasteiger partial charge is 0.135 e. The van der Waals surface area contributed by atoms with Gasteiger partial charge in [0.05, 0.1) is 39.6 Å². The predicted octanol–water partition coefficient (Wildman–Crippen LogP) is 4.88. The molecule has 0 amide bonds. The third kappa shape index (κ3) is 6.60. The molecule has 6 nitrogen and oxygen atoms in total. The van der Waals surface area contributed by atoms with E-state index in [4.69, 9.17) is 18.9 Å². The van der Waals surface area contributed by atoms with Crippen molar-refractivity contribution < 1.29 is 29.2 Å². The van der Waals surface area contributed by atoms with E-state index >= 15 is 0 Å². The lowest BCUT2D eigenvalue weighted by molar-refractivity contribution is -0.0509.